The lowest BCUT2D eigenvalue weighted by atomic mass is 10.0. The van der Waals surface area contributed by atoms with Gasteiger partial charge in [-0.3, -0.25) is 4.99 Å². The van der Waals surface area contributed by atoms with Gasteiger partial charge in [-0.1, -0.05) is 31.2 Å². The standard InChI is InChI=1S/C19H26N6O.HI/c1-3-10-20-19(21-11-12-25-14-22-24-18(25)4-2)23-16-9-13-26-17-8-6-5-7-15(16)17;/h3,5-8,14,16H,1,4,9-13H2,2H3,(H2,20,21,23);1H. The summed E-state index contributed by atoms with van der Waals surface area (Å²) in [5.41, 5.74) is 1.17. The fourth-order valence-electron chi connectivity index (χ4n) is 2.99. The number of benzene rings is 1. The van der Waals surface area contributed by atoms with Gasteiger partial charge in [-0.15, -0.1) is 40.8 Å². The molecule has 0 saturated heterocycles. The lowest BCUT2D eigenvalue weighted by Crippen LogP contribution is -2.41. The van der Waals surface area contributed by atoms with Crippen LogP contribution in [0.15, 0.2) is 48.2 Å². The summed E-state index contributed by atoms with van der Waals surface area (Å²) in [5.74, 6) is 2.70. The molecule has 0 amide bonds. The Morgan fingerprint density at radius 2 is 2.30 bits per heavy atom. The number of hydrogen-bond acceptors (Lipinski definition) is 4. The second kappa shape index (κ2) is 10.9. The van der Waals surface area contributed by atoms with Gasteiger partial charge in [0.25, 0.3) is 0 Å². The van der Waals surface area contributed by atoms with E-state index in [4.69, 9.17) is 9.73 Å². The highest BCUT2D eigenvalue weighted by molar-refractivity contribution is 14.0. The van der Waals surface area contributed by atoms with Crippen molar-refractivity contribution in [2.45, 2.75) is 32.4 Å². The third-order valence-electron chi connectivity index (χ3n) is 4.31. The fourth-order valence-corrected chi connectivity index (χ4v) is 2.99. The van der Waals surface area contributed by atoms with Gasteiger partial charge < -0.3 is 19.9 Å². The number of aryl methyl sites for hydroxylation is 1. The van der Waals surface area contributed by atoms with Crippen molar-refractivity contribution in [2.24, 2.45) is 4.99 Å². The Balaban J connectivity index is 0.00000261. The van der Waals surface area contributed by atoms with E-state index in [-0.39, 0.29) is 30.0 Å². The van der Waals surface area contributed by atoms with Crippen molar-refractivity contribution < 1.29 is 4.74 Å². The predicted octanol–water partition coefficient (Wildman–Crippen LogP) is 2.70. The molecular formula is C19H27IN6O. The number of hydrogen-bond donors (Lipinski definition) is 2. The molecule has 2 aromatic rings. The van der Waals surface area contributed by atoms with E-state index in [9.17, 15) is 0 Å². The number of para-hydroxylation sites is 1. The molecule has 1 atom stereocenters. The molecule has 27 heavy (non-hydrogen) atoms. The number of aromatic nitrogens is 3. The smallest absolute Gasteiger partial charge is 0.192 e. The molecule has 2 heterocycles. The molecule has 1 aliphatic heterocycles. The van der Waals surface area contributed by atoms with E-state index in [1.165, 1.54) is 5.56 Å². The van der Waals surface area contributed by atoms with Crippen molar-refractivity contribution in [1.82, 2.24) is 25.4 Å². The topological polar surface area (TPSA) is 76.4 Å². The van der Waals surface area contributed by atoms with Crippen molar-refractivity contribution in [2.75, 3.05) is 19.7 Å². The van der Waals surface area contributed by atoms with Crippen molar-refractivity contribution in [1.29, 1.82) is 0 Å². The summed E-state index contributed by atoms with van der Waals surface area (Å²) in [6, 6.07) is 8.32. The van der Waals surface area contributed by atoms with Crippen molar-refractivity contribution in [3.05, 3.63) is 54.6 Å². The van der Waals surface area contributed by atoms with Gasteiger partial charge in [-0.05, 0) is 6.07 Å². The maximum atomic E-state index is 5.74. The number of guanidine groups is 1. The fraction of sp³-hybridized carbons (Fsp3) is 0.421. The molecule has 0 aliphatic carbocycles. The quantitative estimate of drug-likeness (QED) is 0.275. The monoisotopic (exact) mass is 482 g/mol. The summed E-state index contributed by atoms with van der Waals surface area (Å²) in [4.78, 5) is 4.71. The van der Waals surface area contributed by atoms with E-state index in [2.05, 4.69) is 40.4 Å². The zero-order chi connectivity index (χ0) is 18.2. The van der Waals surface area contributed by atoms with Gasteiger partial charge in [0.05, 0.1) is 19.2 Å². The average molecular weight is 482 g/mol. The first-order valence-corrected chi connectivity index (χ1v) is 9.06. The normalized spacial score (nSPS) is 15.9. The maximum absolute atomic E-state index is 5.74. The Hall–Kier alpha value is -2.10. The van der Waals surface area contributed by atoms with Crippen LogP contribution in [0.1, 0.15) is 30.8 Å². The Bertz CT molecular complexity index is 760. The number of rotatable bonds is 7. The number of ether oxygens (including phenoxy) is 1. The molecule has 1 unspecified atom stereocenters. The van der Waals surface area contributed by atoms with Crippen molar-refractivity contribution in [3.63, 3.8) is 0 Å². The highest BCUT2D eigenvalue weighted by atomic mass is 127. The lowest BCUT2D eigenvalue weighted by Gasteiger charge is -2.28. The van der Waals surface area contributed by atoms with E-state index in [1.807, 2.05) is 28.8 Å². The van der Waals surface area contributed by atoms with Crippen molar-refractivity contribution in [3.8, 4) is 5.75 Å². The minimum atomic E-state index is 0. The maximum Gasteiger partial charge on any atom is 0.192 e. The van der Waals surface area contributed by atoms with Crippen LogP contribution in [0.2, 0.25) is 0 Å². The van der Waals surface area contributed by atoms with Gasteiger partial charge >= 0.3 is 0 Å². The van der Waals surface area contributed by atoms with Crippen LogP contribution in [0.4, 0.5) is 0 Å². The zero-order valence-electron chi connectivity index (χ0n) is 15.6. The second-order valence-electron chi connectivity index (χ2n) is 6.07. The Labute approximate surface area is 177 Å². The summed E-state index contributed by atoms with van der Waals surface area (Å²) in [6.07, 6.45) is 5.34. The first kappa shape index (κ1) is 21.2. The van der Waals surface area contributed by atoms with E-state index < -0.39 is 0 Å². The first-order valence-electron chi connectivity index (χ1n) is 9.06. The van der Waals surface area contributed by atoms with Crippen LogP contribution >= 0.6 is 24.0 Å². The Kier molecular flexibility index (Phi) is 8.56. The molecule has 0 radical (unpaired) electrons. The molecule has 1 aliphatic rings. The number of halogens is 1. The van der Waals surface area contributed by atoms with Gasteiger partial charge in [0.15, 0.2) is 5.96 Å². The minimum Gasteiger partial charge on any atom is -0.493 e. The molecule has 0 spiro atoms. The van der Waals surface area contributed by atoms with Crippen LogP contribution in [0.25, 0.3) is 0 Å². The molecular weight excluding hydrogens is 455 g/mol. The predicted molar refractivity (Wildman–Crippen MR) is 118 cm³/mol. The summed E-state index contributed by atoms with van der Waals surface area (Å²) in [7, 11) is 0. The molecule has 7 nitrogen and oxygen atoms in total. The zero-order valence-corrected chi connectivity index (χ0v) is 17.9. The van der Waals surface area contributed by atoms with Crippen LogP contribution < -0.4 is 15.4 Å². The summed E-state index contributed by atoms with van der Waals surface area (Å²) in [6.45, 7) is 8.59. The molecule has 1 aromatic carbocycles. The van der Waals surface area contributed by atoms with Crippen LogP contribution in [-0.4, -0.2) is 40.4 Å². The molecule has 2 N–H and O–H groups in total. The molecule has 0 saturated carbocycles. The van der Waals surface area contributed by atoms with Gasteiger partial charge in [0.1, 0.15) is 17.9 Å². The van der Waals surface area contributed by atoms with E-state index >= 15 is 0 Å². The van der Waals surface area contributed by atoms with Gasteiger partial charge in [0, 0.05) is 31.5 Å². The summed E-state index contributed by atoms with van der Waals surface area (Å²) in [5, 5.41) is 14.9. The number of aliphatic imine (C=N–C) groups is 1. The third-order valence-corrected chi connectivity index (χ3v) is 4.31. The molecule has 8 heteroatoms. The second-order valence-corrected chi connectivity index (χ2v) is 6.07. The highest BCUT2D eigenvalue weighted by Gasteiger charge is 2.21. The molecule has 0 fully saturated rings. The first-order chi connectivity index (χ1) is 12.8. The summed E-state index contributed by atoms with van der Waals surface area (Å²) < 4.78 is 7.78. The Morgan fingerprint density at radius 3 is 3.11 bits per heavy atom. The minimum absolute atomic E-state index is 0. The Morgan fingerprint density at radius 1 is 1.44 bits per heavy atom. The third kappa shape index (κ3) is 5.69. The summed E-state index contributed by atoms with van der Waals surface area (Å²) >= 11 is 0. The number of fused-ring (bicyclic) bond motifs is 1. The van der Waals surface area contributed by atoms with Gasteiger partial charge in [0.2, 0.25) is 0 Å². The van der Waals surface area contributed by atoms with Gasteiger partial charge in [-0.2, -0.15) is 0 Å². The van der Waals surface area contributed by atoms with Crippen LogP contribution in [0, 0.1) is 0 Å². The number of nitrogens with one attached hydrogen (secondary N) is 2. The molecule has 146 valence electrons. The molecule has 3 rings (SSSR count). The highest BCUT2D eigenvalue weighted by Crippen LogP contribution is 2.31. The van der Waals surface area contributed by atoms with Gasteiger partial charge in [-0.25, -0.2) is 0 Å². The SMILES string of the molecule is C=CCNC(=NCCn1cnnc1CC)NC1CCOc2ccccc21.I. The van der Waals surface area contributed by atoms with Crippen LogP contribution in [-0.2, 0) is 13.0 Å². The van der Waals surface area contributed by atoms with E-state index in [1.54, 1.807) is 6.33 Å². The lowest BCUT2D eigenvalue weighted by molar-refractivity contribution is 0.261. The van der Waals surface area contributed by atoms with Crippen molar-refractivity contribution >= 4 is 29.9 Å². The number of nitrogens with zero attached hydrogens (tertiary/aromatic N) is 4. The van der Waals surface area contributed by atoms with Crippen LogP contribution in [0.3, 0.4) is 0 Å². The molecule has 1 aromatic heterocycles. The van der Waals surface area contributed by atoms with E-state index in [0.29, 0.717) is 19.7 Å². The van der Waals surface area contributed by atoms with E-state index in [0.717, 1.165) is 36.9 Å². The largest absolute Gasteiger partial charge is 0.493 e. The van der Waals surface area contributed by atoms with Crippen LogP contribution in [0.5, 0.6) is 5.75 Å². The molecule has 0 bridgehead atoms. The average Bonchev–Trinajstić information content (AvgIpc) is 3.13.